The molecule has 0 amide bonds. The summed E-state index contributed by atoms with van der Waals surface area (Å²) in [6.45, 7) is 2.54. The van der Waals surface area contributed by atoms with Gasteiger partial charge >= 0.3 is 0 Å². The number of nitrogens with one attached hydrogen (secondary N) is 1. The number of benzene rings is 1. The van der Waals surface area contributed by atoms with Gasteiger partial charge in [-0.3, -0.25) is 0 Å². The van der Waals surface area contributed by atoms with E-state index in [0.29, 0.717) is 16.6 Å². The molecular formula is C9H11Cl2NO. The van der Waals surface area contributed by atoms with Gasteiger partial charge in [0, 0.05) is 12.2 Å². The van der Waals surface area contributed by atoms with Crippen LogP contribution in [0.3, 0.4) is 0 Å². The number of aryl methyl sites for hydroxylation is 1. The maximum atomic E-state index is 8.62. The van der Waals surface area contributed by atoms with E-state index in [1.54, 1.807) is 12.1 Å². The average molecular weight is 220 g/mol. The third kappa shape index (κ3) is 2.76. The zero-order valence-corrected chi connectivity index (χ0v) is 8.78. The monoisotopic (exact) mass is 219 g/mol. The molecule has 4 heteroatoms. The SMILES string of the molecule is Cc1cc(Cl)c(Cl)cc1NCCO. The van der Waals surface area contributed by atoms with Crippen molar-refractivity contribution in [2.24, 2.45) is 0 Å². The highest BCUT2D eigenvalue weighted by atomic mass is 35.5. The van der Waals surface area contributed by atoms with Gasteiger partial charge in [0.25, 0.3) is 0 Å². The highest BCUT2D eigenvalue weighted by Crippen LogP contribution is 2.28. The Hall–Kier alpha value is -0.440. The minimum atomic E-state index is 0.0969. The lowest BCUT2D eigenvalue weighted by Crippen LogP contribution is -2.06. The normalized spacial score (nSPS) is 10.2. The second kappa shape index (κ2) is 4.70. The second-order valence-corrected chi connectivity index (χ2v) is 3.55. The molecular weight excluding hydrogens is 209 g/mol. The van der Waals surface area contributed by atoms with E-state index in [1.807, 2.05) is 6.92 Å². The molecule has 0 saturated carbocycles. The molecule has 0 unspecified atom stereocenters. The number of rotatable bonds is 3. The van der Waals surface area contributed by atoms with Crippen LogP contribution in [0.5, 0.6) is 0 Å². The first kappa shape index (κ1) is 10.6. The van der Waals surface area contributed by atoms with E-state index in [4.69, 9.17) is 28.3 Å². The van der Waals surface area contributed by atoms with Gasteiger partial charge in [-0.25, -0.2) is 0 Å². The third-order valence-electron chi connectivity index (χ3n) is 1.69. The van der Waals surface area contributed by atoms with Crippen LogP contribution in [0.2, 0.25) is 10.0 Å². The molecule has 1 aromatic rings. The molecule has 1 aromatic carbocycles. The summed E-state index contributed by atoms with van der Waals surface area (Å²) in [6.07, 6.45) is 0. The Labute approximate surface area is 87.5 Å². The second-order valence-electron chi connectivity index (χ2n) is 2.73. The molecule has 0 aliphatic rings. The topological polar surface area (TPSA) is 32.3 Å². The van der Waals surface area contributed by atoms with Crippen molar-refractivity contribution in [3.63, 3.8) is 0 Å². The molecule has 0 fully saturated rings. The summed E-state index contributed by atoms with van der Waals surface area (Å²) in [7, 11) is 0. The summed E-state index contributed by atoms with van der Waals surface area (Å²) >= 11 is 11.6. The molecule has 0 bridgehead atoms. The van der Waals surface area contributed by atoms with E-state index >= 15 is 0 Å². The van der Waals surface area contributed by atoms with Crippen LogP contribution in [0.4, 0.5) is 5.69 Å². The Bertz CT molecular complexity index is 302. The van der Waals surface area contributed by atoms with Crippen molar-refractivity contribution in [1.29, 1.82) is 0 Å². The lowest BCUT2D eigenvalue weighted by molar-refractivity contribution is 0.311. The fourth-order valence-electron chi connectivity index (χ4n) is 1.03. The molecule has 0 heterocycles. The third-order valence-corrected chi connectivity index (χ3v) is 2.42. The number of hydrogen-bond acceptors (Lipinski definition) is 2. The average Bonchev–Trinajstić information content (AvgIpc) is 2.09. The predicted molar refractivity (Wildman–Crippen MR) is 56.8 cm³/mol. The summed E-state index contributed by atoms with van der Waals surface area (Å²) in [5.74, 6) is 0. The van der Waals surface area contributed by atoms with Gasteiger partial charge in [-0.05, 0) is 24.6 Å². The van der Waals surface area contributed by atoms with Gasteiger partial charge in [0.05, 0.1) is 16.7 Å². The summed E-state index contributed by atoms with van der Waals surface area (Å²) < 4.78 is 0. The van der Waals surface area contributed by atoms with E-state index in [0.717, 1.165) is 11.3 Å². The Morgan fingerprint density at radius 1 is 1.31 bits per heavy atom. The van der Waals surface area contributed by atoms with Crippen molar-refractivity contribution in [2.75, 3.05) is 18.5 Å². The highest BCUT2D eigenvalue weighted by molar-refractivity contribution is 6.42. The Morgan fingerprint density at radius 3 is 2.54 bits per heavy atom. The zero-order valence-electron chi connectivity index (χ0n) is 7.27. The molecule has 0 radical (unpaired) electrons. The van der Waals surface area contributed by atoms with Crippen LogP contribution >= 0.6 is 23.2 Å². The van der Waals surface area contributed by atoms with Crippen molar-refractivity contribution in [2.45, 2.75) is 6.92 Å². The van der Waals surface area contributed by atoms with Crippen LogP contribution in [0.15, 0.2) is 12.1 Å². The van der Waals surface area contributed by atoms with Crippen molar-refractivity contribution >= 4 is 28.9 Å². The maximum absolute atomic E-state index is 8.62. The molecule has 0 spiro atoms. The summed E-state index contributed by atoms with van der Waals surface area (Å²) in [4.78, 5) is 0. The maximum Gasteiger partial charge on any atom is 0.0613 e. The van der Waals surface area contributed by atoms with Gasteiger partial charge in [0.15, 0.2) is 0 Å². The highest BCUT2D eigenvalue weighted by Gasteiger charge is 2.02. The van der Waals surface area contributed by atoms with E-state index < -0.39 is 0 Å². The van der Waals surface area contributed by atoms with E-state index in [1.165, 1.54) is 0 Å². The molecule has 13 heavy (non-hydrogen) atoms. The van der Waals surface area contributed by atoms with Crippen LogP contribution < -0.4 is 5.32 Å². The number of aliphatic hydroxyl groups is 1. The van der Waals surface area contributed by atoms with Gasteiger partial charge < -0.3 is 10.4 Å². The van der Waals surface area contributed by atoms with E-state index in [2.05, 4.69) is 5.32 Å². The fourth-order valence-corrected chi connectivity index (χ4v) is 1.41. The van der Waals surface area contributed by atoms with Crippen LogP contribution in [-0.4, -0.2) is 18.3 Å². The molecule has 0 saturated heterocycles. The molecule has 0 aromatic heterocycles. The molecule has 0 atom stereocenters. The molecule has 72 valence electrons. The Balaban J connectivity index is 2.88. The van der Waals surface area contributed by atoms with Gasteiger partial charge in [0.1, 0.15) is 0 Å². The summed E-state index contributed by atoms with van der Waals surface area (Å²) in [5.41, 5.74) is 1.92. The minimum Gasteiger partial charge on any atom is -0.395 e. The van der Waals surface area contributed by atoms with Gasteiger partial charge in [0.2, 0.25) is 0 Å². The van der Waals surface area contributed by atoms with Crippen molar-refractivity contribution < 1.29 is 5.11 Å². The predicted octanol–water partition coefficient (Wildman–Crippen LogP) is 2.71. The first-order chi connectivity index (χ1) is 6.15. The summed E-state index contributed by atoms with van der Waals surface area (Å²) in [5, 5.41) is 12.7. The van der Waals surface area contributed by atoms with Crippen molar-refractivity contribution in [3.8, 4) is 0 Å². The lowest BCUT2D eigenvalue weighted by Gasteiger charge is -2.09. The summed E-state index contributed by atoms with van der Waals surface area (Å²) in [6, 6.07) is 3.55. The zero-order chi connectivity index (χ0) is 9.84. The van der Waals surface area contributed by atoms with Crippen LogP contribution in [-0.2, 0) is 0 Å². The first-order valence-electron chi connectivity index (χ1n) is 3.95. The van der Waals surface area contributed by atoms with E-state index in [9.17, 15) is 0 Å². The molecule has 0 aliphatic heterocycles. The van der Waals surface area contributed by atoms with Gasteiger partial charge in [-0.1, -0.05) is 23.2 Å². The molecule has 2 nitrogen and oxygen atoms in total. The fraction of sp³-hybridized carbons (Fsp3) is 0.333. The first-order valence-corrected chi connectivity index (χ1v) is 4.71. The van der Waals surface area contributed by atoms with Gasteiger partial charge in [-0.2, -0.15) is 0 Å². The number of halogens is 2. The van der Waals surface area contributed by atoms with Gasteiger partial charge in [-0.15, -0.1) is 0 Å². The molecule has 0 aliphatic carbocycles. The quantitative estimate of drug-likeness (QED) is 0.820. The molecule has 1 rings (SSSR count). The van der Waals surface area contributed by atoms with E-state index in [-0.39, 0.29) is 6.61 Å². The van der Waals surface area contributed by atoms with Crippen molar-refractivity contribution in [3.05, 3.63) is 27.7 Å². The largest absolute Gasteiger partial charge is 0.395 e. The lowest BCUT2D eigenvalue weighted by atomic mass is 10.2. The number of aliphatic hydroxyl groups excluding tert-OH is 1. The number of hydrogen-bond donors (Lipinski definition) is 2. The van der Waals surface area contributed by atoms with Crippen molar-refractivity contribution in [1.82, 2.24) is 0 Å². The Kier molecular flexibility index (Phi) is 3.85. The minimum absolute atomic E-state index is 0.0969. The van der Waals surface area contributed by atoms with Crippen LogP contribution in [0.1, 0.15) is 5.56 Å². The van der Waals surface area contributed by atoms with Crippen LogP contribution in [0, 0.1) is 6.92 Å². The van der Waals surface area contributed by atoms with Crippen LogP contribution in [0.25, 0.3) is 0 Å². The standard InChI is InChI=1S/C9H11Cl2NO/c1-6-4-7(10)8(11)5-9(6)12-2-3-13/h4-5,12-13H,2-3H2,1H3. The smallest absolute Gasteiger partial charge is 0.0613 e. The molecule has 2 N–H and O–H groups in total. The number of anilines is 1. The Morgan fingerprint density at radius 2 is 1.92 bits per heavy atom.